The second-order valence-corrected chi connectivity index (χ2v) is 6.37. The number of hydrogen-bond acceptors (Lipinski definition) is 4. The number of halogens is 1. The van der Waals surface area contributed by atoms with E-state index in [9.17, 15) is 0 Å². The fourth-order valence-corrected chi connectivity index (χ4v) is 3.08. The van der Waals surface area contributed by atoms with Crippen molar-refractivity contribution in [1.82, 2.24) is 14.8 Å². The van der Waals surface area contributed by atoms with Crippen LogP contribution in [0.5, 0.6) is 5.75 Å². The van der Waals surface area contributed by atoms with Crippen molar-refractivity contribution in [3.63, 3.8) is 0 Å². The second-order valence-electron chi connectivity index (χ2n) is 4.95. The maximum absolute atomic E-state index is 6.02. The van der Waals surface area contributed by atoms with Crippen LogP contribution in [0, 0.1) is 0 Å². The van der Waals surface area contributed by atoms with E-state index in [1.807, 2.05) is 59.2 Å². The number of aromatic nitrogens is 3. The summed E-state index contributed by atoms with van der Waals surface area (Å²) in [6.07, 6.45) is 1.84. The maximum Gasteiger partial charge on any atom is 0.196 e. The Morgan fingerprint density at radius 1 is 1.21 bits per heavy atom. The summed E-state index contributed by atoms with van der Waals surface area (Å²) in [7, 11) is 1.65. The fraction of sp³-hybridized carbons (Fsp3) is 0.111. The monoisotopic (exact) mass is 357 g/mol. The molecule has 6 heteroatoms. The van der Waals surface area contributed by atoms with Crippen molar-refractivity contribution in [2.75, 3.05) is 12.9 Å². The Hall–Kier alpha value is -2.24. The molecule has 2 aromatic carbocycles. The van der Waals surface area contributed by atoms with E-state index in [1.54, 1.807) is 18.9 Å². The van der Waals surface area contributed by atoms with Gasteiger partial charge in [-0.15, -0.1) is 16.8 Å². The summed E-state index contributed by atoms with van der Waals surface area (Å²) in [5, 5.41) is 10.2. The smallest absolute Gasteiger partial charge is 0.196 e. The van der Waals surface area contributed by atoms with Crippen molar-refractivity contribution < 1.29 is 4.74 Å². The van der Waals surface area contributed by atoms with Crippen LogP contribution >= 0.6 is 23.4 Å². The number of hydrogen-bond donors (Lipinski definition) is 0. The molecule has 1 aromatic heterocycles. The van der Waals surface area contributed by atoms with E-state index >= 15 is 0 Å². The van der Waals surface area contributed by atoms with Crippen molar-refractivity contribution in [3.8, 4) is 22.8 Å². The van der Waals surface area contributed by atoms with Gasteiger partial charge in [0.05, 0.1) is 7.11 Å². The maximum atomic E-state index is 6.02. The molecule has 1 heterocycles. The molecule has 24 heavy (non-hydrogen) atoms. The van der Waals surface area contributed by atoms with Gasteiger partial charge in [-0.05, 0) is 36.4 Å². The molecule has 0 aliphatic carbocycles. The Morgan fingerprint density at radius 3 is 2.71 bits per heavy atom. The van der Waals surface area contributed by atoms with Gasteiger partial charge >= 0.3 is 0 Å². The van der Waals surface area contributed by atoms with E-state index in [1.165, 1.54) is 0 Å². The Balaban J connectivity index is 2.13. The van der Waals surface area contributed by atoms with Gasteiger partial charge < -0.3 is 4.74 Å². The van der Waals surface area contributed by atoms with Crippen LogP contribution in [0.15, 0.2) is 66.3 Å². The lowest BCUT2D eigenvalue weighted by Gasteiger charge is -2.10. The van der Waals surface area contributed by atoms with E-state index < -0.39 is 0 Å². The van der Waals surface area contributed by atoms with E-state index in [0.717, 1.165) is 33.7 Å². The molecule has 0 aliphatic heterocycles. The van der Waals surface area contributed by atoms with Crippen molar-refractivity contribution in [1.29, 1.82) is 0 Å². The van der Waals surface area contributed by atoms with Crippen LogP contribution in [0.1, 0.15) is 0 Å². The standard InChI is InChI=1S/C18H16ClN3OS/c1-3-11-24-18-21-20-17(13-5-4-6-16(12-13)23-2)22(18)15-9-7-14(19)8-10-15/h3-10,12H,1,11H2,2H3. The van der Waals surface area contributed by atoms with Crippen LogP contribution in [0.4, 0.5) is 0 Å². The summed E-state index contributed by atoms with van der Waals surface area (Å²) in [5.74, 6) is 2.28. The van der Waals surface area contributed by atoms with Gasteiger partial charge in [-0.2, -0.15) is 0 Å². The van der Waals surface area contributed by atoms with Crippen LogP contribution in [-0.2, 0) is 0 Å². The zero-order valence-corrected chi connectivity index (χ0v) is 14.7. The van der Waals surface area contributed by atoms with Crippen LogP contribution in [0.25, 0.3) is 17.1 Å². The Bertz CT molecular complexity index is 846. The molecule has 0 atom stereocenters. The first kappa shape index (κ1) is 16.6. The third kappa shape index (κ3) is 3.47. The molecule has 0 aliphatic rings. The Morgan fingerprint density at radius 2 is 2.00 bits per heavy atom. The molecular formula is C18H16ClN3OS. The highest BCUT2D eigenvalue weighted by Gasteiger charge is 2.16. The third-order valence-electron chi connectivity index (χ3n) is 3.38. The van der Waals surface area contributed by atoms with Gasteiger partial charge in [0.2, 0.25) is 0 Å². The van der Waals surface area contributed by atoms with Gasteiger partial charge in [-0.3, -0.25) is 4.57 Å². The van der Waals surface area contributed by atoms with Gasteiger partial charge in [0, 0.05) is 22.0 Å². The van der Waals surface area contributed by atoms with E-state index in [4.69, 9.17) is 16.3 Å². The van der Waals surface area contributed by atoms with Crippen LogP contribution < -0.4 is 4.74 Å². The number of ether oxygens (including phenoxy) is 1. The predicted octanol–water partition coefficient (Wildman–Crippen LogP) is 4.87. The van der Waals surface area contributed by atoms with E-state index in [-0.39, 0.29) is 0 Å². The molecule has 0 radical (unpaired) electrons. The molecule has 3 rings (SSSR count). The minimum Gasteiger partial charge on any atom is -0.497 e. The Kier molecular flexibility index (Phi) is 5.23. The average molecular weight is 358 g/mol. The van der Waals surface area contributed by atoms with Crippen molar-refractivity contribution in [3.05, 3.63) is 66.2 Å². The molecule has 0 unspecified atom stereocenters. The Labute approximate surface area is 150 Å². The largest absolute Gasteiger partial charge is 0.497 e. The lowest BCUT2D eigenvalue weighted by Crippen LogP contribution is -2.00. The van der Waals surface area contributed by atoms with Gasteiger partial charge in [-0.1, -0.05) is 41.6 Å². The summed E-state index contributed by atoms with van der Waals surface area (Å²) in [6, 6.07) is 15.4. The zero-order chi connectivity index (χ0) is 16.9. The minimum atomic E-state index is 0.690. The average Bonchev–Trinajstić information content (AvgIpc) is 3.04. The highest BCUT2D eigenvalue weighted by atomic mass is 35.5. The molecule has 0 fully saturated rings. The number of rotatable bonds is 6. The first-order valence-electron chi connectivity index (χ1n) is 7.32. The summed E-state index contributed by atoms with van der Waals surface area (Å²) >= 11 is 7.60. The lowest BCUT2D eigenvalue weighted by molar-refractivity contribution is 0.415. The second kappa shape index (κ2) is 7.55. The quantitative estimate of drug-likeness (QED) is 0.466. The van der Waals surface area contributed by atoms with Gasteiger partial charge in [-0.25, -0.2) is 0 Å². The van der Waals surface area contributed by atoms with Gasteiger partial charge in [0.25, 0.3) is 0 Å². The predicted molar refractivity (Wildman–Crippen MR) is 99.3 cm³/mol. The van der Waals surface area contributed by atoms with Gasteiger partial charge in [0.1, 0.15) is 5.75 Å². The fourth-order valence-electron chi connectivity index (χ4n) is 2.27. The molecule has 0 amide bonds. The number of thioether (sulfide) groups is 1. The summed E-state index contributed by atoms with van der Waals surface area (Å²) in [5.41, 5.74) is 1.89. The first-order chi connectivity index (χ1) is 11.7. The normalized spacial score (nSPS) is 10.6. The molecule has 0 saturated heterocycles. The third-order valence-corrected chi connectivity index (χ3v) is 4.55. The summed E-state index contributed by atoms with van der Waals surface area (Å²) in [4.78, 5) is 0. The molecule has 0 bridgehead atoms. The van der Waals surface area contributed by atoms with Crippen LogP contribution in [0.2, 0.25) is 5.02 Å². The molecule has 122 valence electrons. The highest BCUT2D eigenvalue weighted by Crippen LogP contribution is 2.30. The summed E-state index contributed by atoms with van der Waals surface area (Å²) in [6.45, 7) is 3.77. The molecule has 0 N–H and O–H groups in total. The van der Waals surface area contributed by atoms with Crippen LogP contribution in [-0.4, -0.2) is 27.6 Å². The topological polar surface area (TPSA) is 39.9 Å². The number of nitrogens with zero attached hydrogens (tertiary/aromatic N) is 3. The van der Waals surface area contributed by atoms with Crippen LogP contribution in [0.3, 0.4) is 0 Å². The lowest BCUT2D eigenvalue weighted by atomic mass is 10.2. The minimum absolute atomic E-state index is 0.690. The van der Waals surface area contributed by atoms with E-state index in [0.29, 0.717) is 5.02 Å². The van der Waals surface area contributed by atoms with Crippen molar-refractivity contribution >= 4 is 23.4 Å². The number of benzene rings is 2. The van der Waals surface area contributed by atoms with Crippen molar-refractivity contribution in [2.45, 2.75) is 5.16 Å². The molecule has 3 aromatic rings. The highest BCUT2D eigenvalue weighted by molar-refractivity contribution is 7.99. The van der Waals surface area contributed by atoms with Crippen molar-refractivity contribution in [2.24, 2.45) is 0 Å². The molecule has 0 spiro atoms. The van der Waals surface area contributed by atoms with E-state index in [2.05, 4.69) is 16.8 Å². The van der Waals surface area contributed by atoms with Gasteiger partial charge in [0.15, 0.2) is 11.0 Å². The molecule has 0 saturated carbocycles. The zero-order valence-electron chi connectivity index (χ0n) is 13.1. The first-order valence-corrected chi connectivity index (χ1v) is 8.68. The molecule has 4 nitrogen and oxygen atoms in total. The number of methoxy groups -OCH3 is 1. The SMILES string of the molecule is C=CCSc1nnc(-c2cccc(OC)c2)n1-c1ccc(Cl)cc1. The molecular weight excluding hydrogens is 342 g/mol. The summed E-state index contributed by atoms with van der Waals surface area (Å²) < 4.78 is 7.33.